The van der Waals surface area contributed by atoms with Crippen molar-refractivity contribution in [3.05, 3.63) is 76.5 Å². The first kappa shape index (κ1) is 22.1. The van der Waals surface area contributed by atoms with Gasteiger partial charge in [0.05, 0.1) is 31.9 Å². The predicted octanol–water partition coefficient (Wildman–Crippen LogP) is 4.04. The van der Waals surface area contributed by atoms with Crippen LogP contribution in [0.2, 0.25) is 5.02 Å². The third-order valence-corrected chi connectivity index (χ3v) is 6.15. The van der Waals surface area contributed by atoms with Crippen LogP contribution in [0, 0.1) is 6.92 Å². The molecule has 1 unspecified atom stereocenters. The Balaban J connectivity index is 1.52. The molecule has 3 heterocycles. The van der Waals surface area contributed by atoms with Gasteiger partial charge in [-0.15, -0.1) is 0 Å². The number of rotatable bonds is 5. The zero-order valence-corrected chi connectivity index (χ0v) is 19.8. The lowest BCUT2D eigenvalue weighted by atomic mass is 9.91. The summed E-state index contributed by atoms with van der Waals surface area (Å²) in [7, 11) is 3.52. The van der Waals surface area contributed by atoms with Crippen LogP contribution in [0.15, 0.2) is 48.8 Å². The van der Waals surface area contributed by atoms with Gasteiger partial charge in [0.1, 0.15) is 29.4 Å². The van der Waals surface area contributed by atoms with Crippen molar-refractivity contribution >= 4 is 29.1 Å². The maximum Gasteiger partial charge on any atom is 0.231 e. The summed E-state index contributed by atoms with van der Waals surface area (Å²) in [5.74, 6) is 2.16. The number of methoxy groups -OCH3 is 1. The predicted molar refractivity (Wildman–Crippen MR) is 130 cm³/mol. The van der Waals surface area contributed by atoms with E-state index < -0.39 is 0 Å². The number of benzene rings is 2. The standard InChI is InChI=1S/C24H24ClN7O2/c1-14-27-13-32(30-14)20-9-8-17(10-21(20)33-3)31(2)24-28-22-18(15-4-6-16(25)7-5-15)11-34-12-19(22)23(26)29-24/h4-10,13,18H,11-12H2,1-3H3,(H2,26,28,29). The number of aryl methyl sites for hydroxylation is 1. The molecule has 1 aliphatic rings. The summed E-state index contributed by atoms with van der Waals surface area (Å²) >= 11 is 6.08. The molecule has 9 nitrogen and oxygen atoms in total. The second kappa shape index (κ2) is 8.92. The van der Waals surface area contributed by atoms with Crippen LogP contribution in [0.1, 0.15) is 28.6 Å². The molecule has 1 aliphatic heterocycles. The van der Waals surface area contributed by atoms with Crippen LogP contribution in [0.4, 0.5) is 17.5 Å². The van der Waals surface area contributed by atoms with Crippen LogP contribution in [0.5, 0.6) is 5.75 Å². The fourth-order valence-electron chi connectivity index (χ4n) is 4.04. The van der Waals surface area contributed by atoms with E-state index in [1.54, 1.807) is 18.1 Å². The van der Waals surface area contributed by atoms with Gasteiger partial charge in [-0.2, -0.15) is 10.1 Å². The lowest BCUT2D eigenvalue weighted by Gasteiger charge is -2.28. The largest absolute Gasteiger partial charge is 0.494 e. The molecule has 10 heteroatoms. The van der Waals surface area contributed by atoms with E-state index in [9.17, 15) is 0 Å². The Morgan fingerprint density at radius 3 is 2.68 bits per heavy atom. The van der Waals surface area contributed by atoms with E-state index in [0.29, 0.717) is 41.6 Å². The smallest absolute Gasteiger partial charge is 0.231 e. The van der Waals surface area contributed by atoms with Crippen molar-refractivity contribution in [2.24, 2.45) is 0 Å². The van der Waals surface area contributed by atoms with Crippen LogP contribution in [-0.4, -0.2) is 45.5 Å². The van der Waals surface area contributed by atoms with E-state index >= 15 is 0 Å². The van der Waals surface area contributed by atoms with Gasteiger partial charge in [0.15, 0.2) is 0 Å². The monoisotopic (exact) mass is 477 g/mol. The molecule has 0 aliphatic carbocycles. The molecule has 4 aromatic rings. The van der Waals surface area contributed by atoms with E-state index in [2.05, 4.69) is 15.1 Å². The average molecular weight is 478 g/mol. The Kier molecular flexibility index (Phi) is 5.80. The lowest BCUT2D eigenvalue weighted by Crippen LogP contribution is -2.24. The number of nitrogens with zero attached hydrogens (tertiary/aromatic N) is 6. The molecule has 2 N–H and O–H groups in total. The highest BCUT2D eigenvalue weighted by Gasteiger charge is 2.28. The van der Waals surface area contributed by atoms with Crippen molar-refractivity contribution in [3.63, 3.8) is 0 Å². The Labute approximate surface area is 202 Å². The SMILES string of the molecule is COc1cc(N(C)c2nc(N)c3c(n2)C(c2ccc(Cl)cc2)COC3)ccc1-n1cnc(C)n1. The minimum atomic E-state index is -0.0640. The molecule has 0 fully saturated rings. The number of halogens is 1. The first-order chi connectivity index (χ1) is 16.4. The summed E-state index contributed by atoms with van der Waals surface area (Å²) in [6, 6.07) is 13.5. The van der Waals surface area contributed by atoms with Crippen molar-refractivity contribution in [1.82, 2.24) is 24.7 Å². The normalized spacial score (nSPS) is 15.1. The molecule has 2 aromatic carbocycles. The summed E-state index contributed by atoms with van der Waals surface area (Å²) < 4.78 is 13.1. The number of anilines is 3. The topological polar surface area (TPSA) is 104 Å². The maximum absolute atomic E-state index is 6.36. The van der Waals surface area contributed by atoms with Gasteiger partial charge in [0.25, 0.3) is 0 Å². The fraction of sp³-hybridized carbons (Fsp3) is 0.250. The summed E-state index contributed by atoms with van der Waals surface area (Å²) in [6.07, 6.45) is 1.66. The molecule has 2 aromatic heterocycles. The van der Waals surface area contributed by atoms with Crippen LogP contribution in [0.25, 0.3) is 5.69 Å². The van der Waals surface area contributed by atoms with Crippen LogP contribution < -0.4 is 15.4 Å². The van der Waals surface area contributed by atoms with Gasteiger partial charge in [0, 0.05) is 29.4 Å². The number of hydrogen-bond acceptors (Lipinski definition) is 8. The highest BCUT2D eigenvalue weighted by atomic mass is 35.5. The molecule has 34 heavy (non-hydrogen) atoms. The van der Waals surface area contributed by atoms with Crippen molar-refractivity contribution in [2.45, 2.75) is 19.4 Å². The number of hydrogen-bond donors (Lipinski definition) is 1. The average Bonchev–Trinajstić information content (AvgIpc) is 3.29. The first-order valence-electron chi connectivity index (χ1n) is 10.7. The van der Waals surface area contributed by atoms with Gasteiger partial charge in [-0.3, -0.25) is 0 Å². The Morgan fingerprint density at radius 2 is 1.97 bits per heavy atom. The van der Waals surface area contributed by atoms with E-state index in [1.165, 1.54) is 0 Å². The molecule has 0 radical (unpaired) electrons. The molecule has 174 valence electrons. The van der Waals surface area contributed by atoms with Gasteiger partial charge in [0.2, 0.25) is 5.95 Å². The van der Waals surface area contributed by atoms with Crippen molar-refractivity contribution in [1.29, 1.82) is 0 Å². The maximum atomic E-state index is 6.36. The lowest BCUT2D eigenvalue weighted by molar-refractivity contribution is 0.0979. The van der Waals surface area contributed by atoms with Crippen molar-refractivity contribution in [2.75, 3.05) is 31.4 Å². The van der Waals surface area contributed by atoms with E-state index in [4.69, 9.17) is 31.8 Å². The second-order valence-electron chi connectivity index (χ2n) is 8.04. The Morgan fingerprint density at radius 1 is 1.18 bits per heavy atom. The molecular formula is C24H24ClN7O2. The number of aromatic nitrogens is 5. The van der Waals surface area contributed by atoms with Gasteiger partial charge < -0.3 is 20.1 Å². The van der Waals surface area contributed by atoms with Crippen LogP contribution in [-0.2, 0) is 11.3 Å². The third kappa shape index (κ3) is 4.04. The number of ether oxygens (including phenoxy) is 2. The zero-order chi connectivity index (χ0) is 23.8. The Bertz CT molecular complexity index is 1340. The van der Waals surface area contributed by atoms with E-state index in [-0.39, 0.29) is 5.92 Å². The summed E-state index contributed by atoms with van der Waals surface area (Å²) in [4.78, 5) is 15.6. The molecule has 0 saturated carbocycles. The van der Waals surface area contributed by atoms with Crippen molar-refractivity contribution < 1.29 is 9.47 Å². The highest BCUT2D eigenvalue weighted by Crippen LogP contribution is 2.36. The number of nitrogen functional groups attached to an aromatic ring is 1. The first-order valence-corrected chi connectivity index (χ1v) is 11.1. The minimum Gasteiger partial charge on any atom is -0.494 e. The van der Waals surface area contributed by atoms with Gasteiger partial charge in [-0.25, -0.2) is 14.6 Å². The van der Waals surface area contributed by atoms with Crippen molar-refractivity contribution in [3.8, 4) is 11.4 Å². The van der Waals surface area contributed by atoms with Gasteiger partial charge >= 0.3 is 0 Å². The minimum absolute atomic E-state index is 0.0640. The zero-order valence-electron chi connectivity index (χ0n) is 19.1. The number of nitrogens with two attached hydrogens (primary N) is 1. The number of fused-ring (bicyclic) bond motifs is 1. The van der Waals surface area contributed by atoms with Crippen LogP contribution >= 0.6 is 11.6 Å². The molecule has 5 rings (SSSR count). The van der Waals surface area contributed by atoms with Crippen LogP contribution in [0.3, 0.4) is 0 Å². The summed E-state index contributed by atoms with van der Waals surface area (Å²) in [6.45, 7) is 2.73. The highest BCUT2D eigenvalue weighted by molar-refractivity contribution is 6.30. The molecular weight excluding hydrogens is 454 g/mol. The third-order valence-electron chi connectivity index (χ3n) is 5.90. The quantitative estimate of drug-likeness (QED) is 0.459. The van der Waals surface area contributed by atoms with Gasteiger partial charge in [-0.1, -0.05) is 23.7 Å². The molecule has 0 amide bonds. The molecule has 1 atom stereocenters. The summed E-state index contributed by atoms with van der Waals surface area (Å²) in [5.41, 5.74) is 10.7. The fourth-order valence-corrected chi connectivity index (χ4v) is 4.17. The molecule has 0 saturated heterocycles. The summed E-state index contributed by atoms with van der Waals surface area (Å²) in [5, 5.41) is 5.06. The van der Waals surface area contributed by atoms with E-state index in [1.807, 2.05) is 61.3 Å². The van der Waals surface area contributed by atoms with E-state index in [0.717, 1.165) is 28.2 Å². The second-order valence-corrected chi connectivity index (χ2v) is 8.48. The molecule has 0 spiro atoms. The molecule has 0 bridgehead atoms. The Hall–Kier alpha value is -3.69. The van der Waals surface area contributed by atoms with Gasteiger partial charge in [-0.05, 0) is 36.8 Å².